The van der Waals surface area contributed by atoms with Gasteiger partial charge in [0, 0.05) is 19.1 Å². The molecule has 4 heteroatoms. The fourth-order valence-electron chi connectivity index (χ4n) is 2.15. The number of nitrogens with one attached hydrogen (secondary N) is 1. The molecule has 0 aromatic carbocycles. The van der Waals surface area contributed by atoms with Crippen molar-refractivity contribution >= 4 is 5.97 Å². The van der Waals surface area contributed by atoms with Gasteiger partial charge in [0.15, 0.2) is 0 Å². The molecular weight excluding hydrogens is 228 g/mol. The van der Waals surface area contributed by atoms with Crippen LogP contribution in [0.3, 0.4) is 0 Å². The van der Waals surface area contributed by atoms with Gasteiger partial charge in [0.25, 0.3) is 0 Å². The van der Waals surface area contributed by atoms with Crippen molar-refractivity contribution in [3.8, 4) is 0 Å². The lowest BCUT2D eigenvalue weighted by atomic mass is 10.1. The van der Waals surface area contributed by atoms with E-state index in [-0.39, 0.29) is 12.0 Å². The van der Waals surface area contributed by atoms with E-state index >= 15 is 0 Å². The summed E-state index contributed by atoms with van der Waals surface area (Å²) in [7, 11) is 1.47. The highest BCUT2D eigenvalue weighted by atomic mass is 16.5. The van der Waals surface area contributed by atoms with E-state index in [2.05, 4.69) is 31.0 Å². The molecule has 0 bridgehead atoms. The zero-order valence-corrected chi connectivity index (χ0v) is 12.2. The smallest absolute Gasteiger partial charge is 0.322 e. The predicted molar refractivity (Wildman–Crippen MR) is 73.5 cm³/mol. The number of nitrogens with zero attached hydrogens (tertiary/aromatic N) is 1. The monoisotopic (exact) mass is 256 g/mol. The maximum absolute atomic E-state index is 11.7. The molecule has 106 valence electrons. The molecule has 0 saturated heterocycles. The Hall–Kier alpha value is -0.610. The molecule has 0 aliphatic heterocycles. The lowest BCUT2D eigenvalue weighted by molar-refractivity contribution is -0.143. The first-order chi connectivity index (χ1) is 8.56. The summed E-state index contributed by atoms with van der Waals surface area (Å²) in [5.74, 6) is 0.542. The molecule has 1 rings (SSSR count). The van der Waals surface area contributed by atoms with Gasteiger partial charge in [-0.25, -0.2) is 0 Å². The van der Waals surface area contributed by atoms with E-state index in [9.17, 15) is 4.79 Å². The summed E-state index contributed by atoms with van der Waals surface area (Å²) in [5.41, 5.74) is 0. The van der Waals surface area contributed by atoms with Gasteiger partial charge in [-0.2, -0.15) is 0 Å². The minimum absolute atomic E-state index is 0.123. The number of hydrogen-bond acceptors (Lipinski definition) is 4. The number of rotatable bonds is 9. The second kappa shape index (κ2) is 7.74. The Balaban J connectivity index is 2.36. The SMILES string of the molecule is CCN(CCC(NC1CC1)C(=O)OC)CC(C)C. The molecule has 0 aromatic rings. The lowest BCUT2D eigenvalue weighted by Crippen LogP contribution is -2.42. The topological polar surface area (TPSA) is 41.6 Å². The molecule has 1 unspecified atom stereocenters. The molecule has 1 aliphatic carbocycles. The third kappa shape index (κ3) is 5.83. The number of hydrogen-bond donors (Lipinski definition) is 1. The highest BCUT2D eigenvalue weighted by Crippen LogP contribution is 2.20. The van der Waals surface area contributed by atoms with Crippen molar-refractivity contribution in [2.75, 3.05) is 26.7 Å². The molecule has 0 aromatic heterocycles. The second-order valence-corrected chi connectivity index (χ2v) is 5.59. The number of methoxy groups -OCH3 is 1. The van der Waals surface area contributed by atoms with Crippen LogP contribution < -0.4 is 5.32 Å². The van der Waals surface area contributed by atoms with Crippen LogP contribution in [-0.2, 0) is 9.53 Å². The van der Waals surface area contributed by atoms with Crippen molar-refractivity contribution < 1.29 is 9.53 Å². The fourth-order valence-corrected chi connectivity index (χ4v) is 2.15. The van der Waals surface area contributed by atoms with Crippen LogP contribution >= 0.6 is 0 Å². The third-order valence-corrected chi connectivity index (χ3v) is 3.30. The van der Waals surface area contributed by atoms with E-state index in [1.807, 2.05) is 0 Å². The summed E-state index contributed by atoms with van der Waals surface area (Å²) in [5, 5.41) is 3.37. The molecule has 0 amide bonds. The zero-order chi connectivity index (χ0) is 13.5. The largest absolute Gasteiger partial charge is 0.468 e. The van der Waals surface area contributed by atoms with Crippen LogP contribution in [0.5, 0.6) is 0 Å². The van der Waals surface area contributed by atoms with E-state index in [1.165, 1.54) is 20.0 Å². The minimum atomic E-state index is -0.135. The van der Waals surface area contributed by atoms with Gasteiger partial charge in [-0.15, -0.1) is 0 Å². The Morgan fingerprint density at radius 3 is 2.56 bits per heavy atom. The molecule has 0 heterocycles. The number of carbonyl (C=O) groups is 1. The molecule has 1 saturated carbocycles. The summed E-state index contributed by atoms with van der Waals surface area (Å²) in [4.78, 5) is 14.1. The summed E-state index contributed by atoms with van der Waals surface area (Å²) < 4.78 is 4.87. The fraction of sp³-hybridized carbons (Fsp3) is 0.929. The van der Waals surface area contributed by atoms with Crippen LogP contribution in [0.2, 0.25) is 0 Å². The van der Waals surface area contributed by atoms with Crippen molar-refractivity contribution in [3.05, 3.63) is 0 Å². The Bertz CT molecular complexity index is 252. The minimum Gasteiger partial charge on any atom is -0.468 e. The van der Waals surface area contributed by atoms with Crippen molar-refractivity contribution in [3.63, 3.8) is 0 Å². The molecule has 18 heavy (non-hydrogen) atoms. The third-order valence-electron chi connectivity index (χ3n) is 3.30. The zero-order valence-electron chi connectivity index (χ0n) is 12.2. The van der Waals surface area contributed by atoms with Crippen LogP contribution in [0.4, 0.5) is 0 Å². The highest BCUT2D eigenvalue weighted by molar-refractivity contribution is 5.75. The van der Waals surface area contributed by atoms with Crippen molar-refractivity contribution in [1.29, 1.82) is 0 Å². The average Bonchev–Trinajstić information content (AvgIpc) is 3.14. The van der Waals surface area contributed by atoms with Crippen molar-refractivity contribution in [1.82, 2.24) is 10.2 Å². The van der Waals surface area contributed by atoms with Crippen LogP contribution in [-0.4, -0.2) is 49.7 Å². The quantitative estimate of drug-likeness (QED) is 0.637. The van der Waals surface area contributed by atoms with Gasteiger partial charge in [-0.1, -0.05) is 20.8 Å². The van der Waals surface area contributed by atoms with Gasteiger partial charge in [0.1, 0.15) is 6.04 Å². The molecule has 1 N–H and O–H groups in total. The standard InChI is InChI=1S/C14H28N2O2/c1-5-16(10-11(2)3)9-8-13(14(17)18-4)15-12-6-7-12/h11-13,15H,5-10H2,1-4H3. The van der Waals surface area contributed by atoms with E-state index in [0.717, 1.165) is 26.1 Å². The molecule has 1 fully saturated rings. The summed E-state index contributed by atoms with van der Waals surface area (Å²) in [6, 6.07) is 0.401. The van der Waals surface area contributed by atoms with Gasteiger partial charge in [-0.3, -0.25) is 4.79 Å². The molecule has 0 spiro atoms. The molecule has 1 atom stereocenters. The Kier molecular flexibility index (Phi) is 6.65. The molecule has 4 nitrogen and oxygen atoms in total. The van der Waals surface area contributed by atoms with Gasteiger partial charge in [0.2, 0.25) is 0 Å². The first-order valence-electron chi connectivity index (χ1n) is 7.13. The molecule has 1 aliphatic rings. The van der Waals surface area contributed by atoms with Gasteiger partial charge < -0.3 is 15.0 Å². The van der Waals surface area contributed by atoms with E-state index < -0.39 is 0 Å². The Labute approximate surface area is 111 Å². The van der Waals surface area contributed by atoms with Gasteiger partial charge in [0.05, 0.1) is 7.11 Å². The highest BCUT2D eigenvalue weighted by Gasteiger charge is 2.28. The van der Waals surface area contributed by atoms with E-state index in [4.69, 9.17) is 4.74 Å². The Morgan fingerprint density at radius 1 is 1.44 bits per heavy atom. The average molecular weight is 256 g/mol. The normalized spacial score (nSPS) is 17.2. The summed E-state index contributed by atoms with van der Waals surface area (Å²) in [6.07, 6.45) is 3.22. The first-order valence-corrected chi connectivity index (χ1v) is 7.13. The number of esters is 1. The molecule has 0 radical (unpaired) electrons. The first kappa shape index (κ1) is 15.4. The van der Waals surface area contributed by atoms with Crippen LogP contribution in [0.1, 0.15) is 40.0 Å². The Morgan fingerprint density at radius 2 is 2.11 bits per heavy atom. The summed E-state index contributed by atoms with van der Waals surface area (Å²) >= 11 is 0. The lowest BCUT2D eigenvalue weighted by Gasteiger charge is -2.25. The number of carbonyl (C=O) groups excluding carboxylic acids is 1. The van der Waals surface area contributed by atoms with E-state index in [0.29, 0.717) is 12.0 Å². The van der Waals surface area contributed by atoms with Gasteiger partial charge in [-0.05, 0) is 31.7 Å². The number of ether oxygens (including phenoxy) is 1. The maximum atomic E-state index is 11.7. The molecular formula is C14H28N2O2. The van der Waals surface area contributed by atoms with Crippen LogP contribution in [0.25, 0.3) is 0 Å². The van der Waals surface area contributed by atoms with Crippen molar-refractivity contribution in [2.45, 2.75) is 52.1 Å². The second-order valence-electron chi connectivity index (χ2n) is 5.59. The van der Waals surface area contributed by atoms with Gasteiger partial charge >= 0.3 is 5.97 Å². The maximum Gasteiger partial charge on any atom is 0.322 e. The van der Waals surface area contributed by atoms with Crippen LogP contribution in [0, 0.1) is 5.92 Å². The summed E-state index contributed by atoms with van der Waals surface area (Å²) in [6.45, 7) is 9.70. The van der Waals surface area contributed by atoms with Crippen molar-refractivity contribution in [2.24, 2.45) is 5.92 Å². The predicted octanol–water partition coefficient (Wildman–Crippen LogP) is 1.65. The van der Waals surface area contributed by atoms with E-state index in [1.54, 1.807) is 0 Å². The van der Waals surface area contributed by atoms with Crippen LogP contribution in [0.15, 0.2) is 0 Å².